The third-order valence-corrected chi connectivity index (χ3v) is 5.85. The Morgan fingerprint density at radius 1 is 1.26 bits per heavy atom. The van der Waals surface area contributed by atoms with Crippen molar-refractivity contribution in [2.45, 2.75) is 31.2 Å². The minimum absolute atomic E-state index is 0.00697. The van der Waals surface area contributed by atoms with Crippen molar-refractivity contribution in [3.63, 3.8) is 0 Å². The molecule has 0 saturated heterocycles. The van der Waals surface area contributed by atoms with Gasteiger partial charge in [0.15, 0.2) is 0 Å². The van der Waals surface area contributed by atoms with Crippen LogP contribution in [0.4, 0.5) is 10.1 Å². The van der Waals surface area contributed by atoms with Crippen LogP contribution in [0.15, 0.2) is 47.4 Å². The molecule has 144 valence electrons. The minimum atomic E-state index is -3.69. The smallest absolute Gasteiger partial charge is 0.240 e. The van der Waals surface area contributed by atoms with Crippen LogP contribution >= 0.6 is 0 Å². The van der Waals surface area contributed by atoms with Crippen molar-refractivity contribution in [2.75, 3.05) is 18.1 Å². The van der Waals surface area contributed by atoms with Gasteiger partial charge in [0.2, 0.25) is 15.9 Å². The number of fused-ring (bicyclic) bond motifs is 1. The van der Waals surface area contributed by atoms with Gasteiger partial charge in [-0.15, -0.1) is 0 Å². The van der Waals surface area contributed by atoms with Crippen molar-refractivity contribution < 1.29 is 22.3 Å². The highest BCUT2D eigenvalue weighted by atomic mass is 32.2. The molecule has 0 radical (unpaired) electrons. The number of rotatable bonds is 6. The van der Waals surface area contributed by atoms with Crippen molar-refractivity contribution in [3.8, 4) is 5.75 Å². The standard InChI is InChI=1S/C19H21FN2O4S/c1-13-11-15-12-18(7-8-19(15)22(13)14(2)23)27(24,25)21-9-10-26-17-5-3-16(20)4-6-17/h3-8,12-13,21H,9-11H2,1-2H3/t13-/m0/s1. The number of carbonyl (C=O) groups excluding carboxylic acids is 1. The summed E-state index contributed by atoms with van der Waals surface area (Å²) in [6.07, 6.45) is 0.617. The summed E-state index contributed by atoms with van der Waals surface area (Å²) in [5, 5.41) is 0. The Labute approximate surface area is 158 Å². The van der Waals surface area contributed by atoms with Crippen molar-refractivity contribution in [1.29, 1.82) is 0 Å². The van der Waals surface area contributed by atoms with Crippen LogP contribution in [-0.4, -0.2) is 33.5 Å². The molecule has 2 aromatic carbocycles. The molecule has 0 spiro atoms. The van der Waals surface area contributed by atoms with Gasteiger partial charge in [0.25, 0.3) is 0 Å². The van der Waals surface area contributed by atoms with E-state index in [9.17, 15) is 17.6 Å². The summed E-state index contributed by atoms with van der Waals surface area (Å²) in [6, 6.07) is 10.3. The van der Waals surface area contributed by atoms with Gasteiger partial charge < -0.3 is 9.64 Å². The molecule has 3 rings (SSSR count). The molecule has 1 N–H and O–H groups in total. The average molecular weight is 392 g/mol. The number of sulfonamides is 1. The average Bonchev–Trinajstić information content (AvgIpc) is 2.95. The largest absolute Gasteiger partial charge is 0.492 e. The van der Waals surface area contributed by atoms with Crippen LogP contribution in [0.1, 0.15) is 19.4 Å². The van der Waals surface area contributed by atoms with Gasteiger partial charge in [-0.3, -0.25) is 4.79 Å². The fourth-order valence-electron chi connectivity index (χ4n) is 3.21. The van der Waals surface area contributed by atoms with E-state index in [0.717, 1.165) is 11.3 Å². The lowest BCUT2D eigenvalue weighted by atomic mass is 10.1. The summed E-state index contributed by atoms with van der Waals surface area (Å²) in [4.78, 5) is 13.6. The first-order chi connectivity index (χ1) is 12.8. The molecule has 1 aliphatic rings. The number of benzene rings is 2. The van der Waals surface area contributed by atoms with Gasteiger partial charge in [-0.05, 0) is 61.4 Å². The summed E-state index contributed by atoms with van der Waals surface area (Å²) in [7, 11) is -3.69. The highest BCUT2D eigenvalue weighted by Crippen LogP contribution is 2.33. The predicted molar refractivity (Wildman–Crippen MR) is 99.9 cm³/mol. The number of halogens is 1. The maximum absolute atomic E-state index is 12.8. The van der Waals surface area contributed by atoms with E-state index in [1.165, 1.54) is 37.3 Å². The first kappa shape index (κ1) is 19.3. The van der Waals surface area contributed by atoms with Gasteiger partial charge >= 0.3 is 0 Å². The molecule has 2 aromatic rings. The highest BCUT2D eigenvalue weighted by Gasteiger charge is 2.30. The van der Waals surface area contributed by atoms with Gasteiger partial charge in [0.05, 0.1) is 4.90 Å². The SMILES string of the molecule is CC(=O)N1c2ccc(S(=O)(=O)NCCOc3ccc(F)cc3)cc2C[C@@H]1C. The molecule has 0 fully saturated rings. The lowest BCUT2D eigenvalue weighted by Crippen LogP contribution is -2.33. The van der Waals surface area contributed by atoms with Crippen LogP contribution in [0.5, 0.6) is 5.75 Å². The van der Waals surface area contributed by atoms with Crippen LogP contribution in [0, 0.1) is 5.82 Å². The fourth-order valence-corrected chi connectivity index (χ4v) is 4.28. The summed E-state index contributed by atoms with van der Waals surface area (Å²) in [5.74, 6) is 0.0386. The molecule has 1 heterocycles. The summed E-state index contributed by atoms with van der Waals surface area (Å²) < 4.78 is 45.7. The number of anilines is 1. The van der Waals surface area contributed by atoms with Crippen LogP contribution < -0.4 is 14.4 Å². The van der Waals surface area contributed by atoms with Gasteiger partial charge in [-0.25, -0.2) is 17.5 Å². The second-order valence-electron chi connectivity index (χ2n) is 6.43. The number of nitrogens with zero attached hydrogens (tertiary/aromatic N) is 1. The first-order valence-electron chi connectivity index (χ1n) is 8.59. The lowest BCUT2D eigenvalue weighted by molar-refractivity contribution is -0.116. The Hall–Kier alpha value is -2.45. The molecular weight excluding hydrogens is 371 g/mol. The van der Waals surface area contributed by atoms with Crippen LogP contribution in [-0.2, 0) is 21.2 Å². The van der Waals surface area contributed by atoms with Crippen LogP contribution in [0.2, 0.25) is 0 Å². The van der Waals surface area contributed by atoms with Gasteiger partial charge in [-0.2, -0.15) is 0 Å². The summed E-state index contributed by atoms with van der Waals surface area (Å²) in [5.41, 5.74) is 1.59. The maximum Gasteiger partial charge on any atom is 0.240 e. The summed E-state index contributed by atoms with van der Waals surface area (Å²) >= 11 is 0. The lowest BCUT2D eigenvalue weighted by Gasteiger charge is -2.20. The van der Waals surface area contributed by atoms with E-state index in [0.29, 0.717) is 12.2 Å². The Kier molecular flexibility index (Phi) is 5.48. The molecule has 0 aliphatic carbocycles. The molecule has 1 atom stereocenters. The molecule has 6 nitrogen and oxygen atoms in total. The molecule has 0 bridgehead atoms. The van der Waals surface area contributed by atoms with E-state index in [-0.39, 0.29) is 35.8 Å². The minimum Gasteiger partial charge on any atom is -0.492 e. The molecule has 1 aliphatic heterocycles. The predicted octanol–water partition coefficient (Wildman–Crippen LogP) is 2.48. The number of hydrogen-bond donors (Lipinski definition) is 1. The van der Waals surface area contributed by atoms with E-state index < -0.39 is 10.0 Å². The molecule has 27 heavy (non-hydrogen) atoms. The molecule has 8 heteroatoms. The van der Waals surface area contributed by atoms with Gasteiger partial charge in [0.1, 0.15) is 18.2 Å². The van der Waals surface area contributed by atoms with Crippen molar-refractivity contribution in [1.82, 2.24) is 4.72 Å². The van der Waals surface area contributed by atoms with E-state index in [4.69, 9.17) is 4.74 Å². The van der Waals surface area contributed by atoms with Crippen molar-refractivity contribution in [3.05, 3.63) is 53.8 Å². The van der Waals surface area contributed by atoms with E-state index >= 15 is 0 Å². The fraction of sp³-hybridized carbons (Fsp3) is 0.316. The Balaban J connectivity index is 1.63. The van der Waals surface area contributed by atoms with Crippen LogP contribution in [0.25, 0.3) is 0 Å². The quantitative estimate of drug-likeness (QED) is 0.767. The van der Waals surface area contributed by atoms with Crippen molar-refractivity contribution in [2.24, 2.45) is 0 Å². The van der Waals surface area contributed by atoms with E-state index in [1.807, 2.05) is 6.92 Å². The Morgan fingerprint density at radius 2 is 1.96 bits per heavy atom. The van der Waals surface area contributed by atoms with Crippen molar-refractivity contribution >= 4 is 21.6 Å². The highest BCUT2D eigenvalue weighted by molar-refractivity contribution is 7.89. The Morgan fingerprint density at radius 3 is 2.63 bits per heavy atom. The van der Waals surface area contributed by atoms with Gasteiger partial charge in [0, 0.05) is 25.2 Å². The number of ether oxygens (including phenoxy) is 1. The third-order valence-electron chi connectivity index (χ3n) is 4.39. The maximum atomic E-state index is 12.8. The molecule has 0 aromatic heterocycles. The zero-order chi connectivity index (χ0) is 19.6. The molecule has 0 unspecified atom stereocenters. The number of hydrogen-bond acceptors (Lipinski definition) is 4. The summed E-state index contributed by atoms with van der Waals surface area (Å²) in [6.45, 7) is 3.62. The Bertz CT molecular complexity index is 945. The monoisotopic (exact) mass is 392 g/mol. The van der Waals surface area contributed by atoms with E-state index in [2.05, 4.69) is 4.72 Å². The zero-order valence-corrected chi connectivity index (χ0v) is 15.9. The number of amides is 1. The normalized spacial score (nSPS) is 16.3. The number of carbonyl (C=O) groups is 1. The second kappa shape index (κ2) is 7.66. The third kappa shape index (κ3) is 4.28. The second-order valence-corrected chi connectivity index (χ2v) is 8.20. The molecule has 0 saturated carbocycles. The molecular formula is C19H21FN2O4S. The van der Waals surface area contributed by atoms with Crippen LogP contribution in [0.3, 0.4) is 0 Å². The first-order valence-corrected chi connectivity index (χ1v) is 10.1. The van der Waals surface area contributed by atoms with E-state index in [1.54, 1.807) is 17.0 Å². The molecule has 1 amide bonds. The number of nitrogens with one attached hydrogen (secondary N) is 1. The van der Waals surface area contributed by atoms with Gasteiger partial charge in [-0.1, -0.05) is 0 Å². The zero-order valence-electron chi connectivity index (χ0n) is 15.1. The topological polar surface area (TPSA) is 75.7 Å².